The molecule has 0 saturated carbocycles. The minimum Gasteiger partial charge on any atom is -0.473 e. The summed E-state index contributed by atoms with van der Waals surface area (Å²) in [5.74, 6) is 0.319. The minimum atomic E-state index is -3.43. The summed E-state index contributed by atoms with van der Waals surface area (Å²) in [5.41, 5.74) is 0.602. The van der Waals surface area contributed by atoms with E-state index < -0.39 is 10.0 Å². The normalized spacial score (nSPS) is 22.0. The van der Waals surface area contributed by atoms with E-state index in [0.29, 0.717) is 24.5 Å². The fourth-order valence-electron chi connectivity index (χ4n) is 2.24. The SMILES string of the molecule is Cl.O=S1(=O)COc2ccccc2N1N1CCNCC1. The van der Waals surface area contributed by atoms with E-state index in [-0.39, 0.29) is 18.3 Å². The van der Waals surface area contributed by atoms with Gasteiger partial charge in [0.15, 0.2) is 0 Å². The lowest BCUT2D eigenvalue weighted by molar-refractivity contribution is 0.241. The molecule has 106 valence electrons. The fourth-order valence-corrected chi connectivity index (χ4v) is 3.58. The van der Waals surface area contributed by atoms with E-state index in [1.807, 2.05) is 17.1 Å². The van der Waals surface area contributed by atoms with E-state index in [4.69, 9.17) is 4.74 Å². The fraction of sp³-hybridized carbons (Fsp3) is 0.455. The summed E-state index contributed by atoms with van der Waals surface area (Å²) in [6.07, 6.45) is 0. The van der Waals surface area contributed by atoms with Crippen LogP contribution in [-0.4, -0.2) is 45.5 Å². The summed E-state index contributed by atoms with van der Waals surface area (Å²) in [6, 6.07) is 7.22. The average molecular weight is 306 g/mol. The molecule has 2 aliphatic rings. The molecule has 0 bridgehead atoms. The number of piperazine rings is 1. The van der Waals surface area contributed by atoms with E-state index in [1.165, 1.54) is 4.41 Å². The Hall–Kier alpha value is -1.02. The Bertz CT molecular complexity index is 546. The molecule has 0 amide bonds. The number of hydrazine groups is 1. The Morgan fingerprint density at radius 3 is 2.58 bits per heavy atom. The number of hydrogen-bond acceptors (Lipinski definition) is 5. The molecule has 3 rings (SSSR count). The van der Waals surface area contributed by atoms with Crippen molar-refractivity contribution in [3.63, 3.8) is 0 Å². The molecule has 0 atom stereocenters. The van der Waals surface area contributed by atoms with Crippen molar-refractivity contribution >= 4 is 28.1 Å². The predicted molar refractivity (Wildman–Crippen MR) is 75.0 cm³/mol. The van der Waals surface area contributed by atoms with Gasteiger partial charge in [0.25, 0.3) is 10.0 Å². The second-order valence-corrected chi connectivity index (χ2v) is 6.03. The Morgan fingerprint density at radius 2 is 1.84 bits per heavy atom. The third kappa shape index (κ3) is 2.64. The highest BCUT2D eigenvalue weighted by Crippen LogP contribution is 2.35. The van der Waals surface area contributed by atoms with Gasteiger partial charge in [0, 0.05) is 26.2 Å². The molecule has 0 radical (unpaired) electrons. The maximum absolute atomic E-state index is 12.2. The van der Waals surface area contributed by atoms with Crippen LogP contribution in [0.25, 0.3) is 0 Å². The lowest BCUT2D eigenvalue weighted by Gasteiger charge is -2.40. The van der Waals surface area contributed by atoms with Gasteiger partial charge in [0.2, 0.25) is 5.94 Å². The minimum absolute atomic E-state index is 0. The molecule has 1 aromatic rings. The topological polar surface area (TPSA) is 61.9 Å². The van der Waals surface area contributed by atoms with Crippen LogP contribution in [0, 0.1) is 0 Å². The first-order valence-corrected chi connectivity index (χ1v) is 7.50. The summed E-state index contributed by atoms with van der Waals surface area (Å²) in [5, 5.41) is 5.07. The van der Waals surface area contributed by atoms with E-state index in [0.717, 1.165) is 13.1 Å². The molecule has 1 fully saturated rings. The standard InChI is InChI=1S/C11H15N3O3S.ClH/c15-18(16)9-17-11-4-2-1-3-10(11)14(18)13-7-5-12-6-8-13;/h1-4,12H,5-9H2;1H. The monoisotopic (exact) mass is 305 g/mol. The zero-order chi connectivity index (χ0) is 12.6. The van der Waals surface area contributed by atoms with Crippen LogP contribution in [-0.2, 0) is 10.0 Å². The smallest absolute Gasteiger partial charge is 0.284 e. The van der Waals surface area contributed by atoms with Gasteiger partial charge in [0.05, 0.1) is 0 Å². The van der Waals surface area contributed by atoms with Crippen LogP contribution < -0.4 is 14.5 Å². The van der Waals surface area contributed by atoms with Gasteiger partial charge in [-0.05, 0) is 12.1 Å². The van der Waals surface area contributed by atoms with Gasteiger partial charge in [-0.1, -0.05) is 12.1 Å². The average Bonchev–Trinajstić information content (AvgIpc) is 2.39. The van der Waals surface area contributed by atoms with Crippen LogP contribution in [0.15, 0.2) is 24.3 Å². The second kappa shape index (κ2) is 5.54. The highest BCUT2D eigenvalue weighted by atomic mass is 35.5. The third-order valence-electron chi connectivity index (χ3n) is 3.05. The molecule has 1 N–H and O–H groups in total. The molecule has 0 spiro atoms. The number of para-hydroxylation sites is 2. The molecule has 1 saturated heterocycles. The van der Waals surface area contributed by atoms with Gasteiger partial charge < -0.3 is 10.1 Å². The van der Waals surface area contributed by atoms with Crippen LogP contribution in [0.3, 0.4) is 0 Å². The molecule has 8 heteroatoms. The number of nitrogens with one attached hydrogen (secondary N) is 1. The number of fused-ring (bicyclic) bond motifs is 1. The first kappa shape index (κ1) is 14.4. The molecule has 0 unspecified atom stereocenters. The zero-order valence-electron chi connectivity index (χ0n) is 10.3. The van der Waals surface area contributed by atoms with Gasteiger partial charge in [-0.3, -0.25) is 0 Å². The predicted octanol–water partition coefficient (Wildman–Crippen LogP) is 0.415. The van der Waals surface area contributed by atoms with Crippen LogP contribution in [0.4, 0.5) is 5.69 Å². The van der Waals surface area contributed by atoms with Crippen molar-refractivity contribution in [1.29, 1.82) is 0 Å². The number of sulfonamides is 1. The molecule has 0 aliphatic carbocycles. The van der Waals surface area contributed by atoms with Gasteiger partial charge >= 0.3 is 0 Å². The van der Waals surface area contributed by atoms with Crippen LogP contribution in [0.1, 0.15) is 0 Å². The van der Waals surface area contributed by atoms with Crippen molar-refractivity contribution in [3.8, 4) is 5.75 Å². The number of nitrogens with zero attached hydrogens (tertiary/aromatic N) is 2. The molecule has 2 heterocycles. The number of benzene rings is 1. The van der Waals surface area contributed by atoms with E-state index >= 15 is 0 Å². The molecular formula is C11H16ClN3O3S. The van der Waals surface area contributed by atoms with Crippen LogP contribution in [0.2, 0.25) is 0 Å². The highest BCUT2D eigenvalue weighted by molar-refractivity contribution is 7.92. The molecule has 19 heavy (non-hydrogen) atoms. The highest BCUT2D eigenvalue weighted by Gasteiger charge is 2.35. The van der Waals surface area contributed by atoms with E-state index in [9.17, 15) is 8.42 Å². The van der Waals surface area contributed by atoms with Crippen molar-refractivity contribution < 1.29 is 13.2 Å². The lowest BCUT2D eigenvalue weighted by atomic mass is 10.3. The van der Waals surface area contributed by atoms with Crippen molar-refractivity contribution in [2.45, 2.75) is 0 Å². The number of halogens is 1. The van der Waals surface area contributed by atoms with Crippen LogP contribution >= 0.6 is 12.4 Å². The Labute approximate surface area is 118 Å². The summed E-state index contributed by atoms with van der Waals surface area (Å²) in [6.45, 7) is 2.92. The Morgan fingerprint density at radius 1 is 1.16 bits per heavy atom. The second-order valence-electron chi connectivity index (χ2n) is 4.29. The zero-order valence-corrected chi connectivity index (χ0v) is 11.9. The summed E-state index contributed by atoms with van der Waals surface area (Å²) >= 11 is 0. The van der Waals surface area contributed by atoms with Crippen molar-refractivity contribution in [1.82, 2.24) is 10.3 Å². The number of rotatable bonds is 1. The molecule has 1 aromatic carbocycles. The van der Waals surface area contributed by atoms with E-state index in [2.05, 4.69) is 5.32 Å². The Kier molecular flexibility index (Phi) is 4.19. The third-order valence-corrected chi connectivity index (χ3v) is 4.42. The number of ether oxygens (including phenoxy) is 1. The molecule has 0 aromatic heterocycles. The van der Waals surface area contributed by atoms with Crippen molar-refractivity contribution in [2.75, 3.05) is 36.5 Å². The van der Waals surface area contributed by atoms with Crippen LogP contribution in [0.5, 0.6) is 5.75 Å². The molecular weight excluding hydrogens is 290 g/mol. The summed E-state index contributed by atoms with van der Waals surface area (Å²) in [4.78, 5) is 0. The van der Waals surface area contributed by atoms with Gasteiger partial charge in [-0.15, -0.1) is 12.4 Å². The van der Waals surface area contributed by atoms with Gasteiger partial charge in [0.1, 0.15) is 11.4 Å². The lowest BCUT2D eigenvalue weighted by Crippen LogP contribution is -2.56. The molecule has 2 aliphatic heterocycles. The Balaban J connectivity index is 0.00000133. The van der Waals surface area contributed by atoms with Crippen molar-refractivity contribution in [3.05, 3.63) is 24.3 Å². The summed E-state index contributed by atoms with van der Waals surface area (Å²) < 4.78 is 31.0. The largest absolute Gasteiger partial charge is 0.473 e. The maximum atomic E-state index is 12.2. The van der Waals surface area contributed by atoms with Crippen molar-refractivity contribution in [2.24, 2.45) is 0 Å². The molecule has 6 nitrogen and oxygen atoms in total. The first-order chi connectivity index (χ1) is 8.68. The summed E-state index contributed by atoms with van der Waals surface area (Å²) in [7, 11) is -3.43. The van der Waals surface area contributed by atoms with Gasteiger partial charge in [-0.25, -0.2) is 13.4 Å². The first-order valence-electron chi connectivity index (χ1n) is 5.89. The number of anilines is 1. The van der Waals surface area contributed by atoms with E-state index in [1.54, 1.807) is 12.1 Å². The number of hydrogen-bond donors (Lipinski definition) is 1. The van der Waals surface area contributed by atoms with Gasteiger partial charge in [-0.2, -0.15) is 4.41 Å². The maximum Gasteiger partial charge on any atom is 0.284 e. The quantitative estimate of drug-likeness (QED) is 0.814.